The van der Waals surface area contributed by atoms with Crippen molar-refractivity contribution in [3.8, 4) is 0 Å². The summed E-state index contributed by atoms with van der Waals surface area (Å²) in [5, 5.41) is -0.0818. The molecule has 6 nitrogen and oxygen atoms in total. The van der Waals surface area contributed by atoms with Gasteiger partial charge in [-0.1, -0.05) is 0 Å². The van der Waals surface area contributed by atoms with Crippen LogP contribution in [-0.4, -0.2) is 35.9 Å². The van der Waals surface area contributed by atoms with Crippen LogP contribution in [0.15, 0.2) is 16.9 Å². The van der Waals surface area contributed by atoms with Crippen molar-refractivity contribution in [2.24, 2.45) is 12.8 Å². The summed E-state index contributed by atoms with van der Waals surface area (Å²) in [6.45, 7) is 3.69. The van der Waals surface area contributed by atoms with Gasteiger partial charge in [0.25, 0.3) is 5.56 Å². The maximum absolute atomic E-state index is 13.2. The van der Waals surface area contributed by atoms with E-state index in [9.17, 15) is 18.0 Å². The Balaban J connectivity index is 2.29. The largest absolute Gasteiger partial charge is 0.416 e. The number of fused-ring (bicyclic) bond motifs is 1. The number of rotatable bonds is 2. The predicted octanol–water partition coefficient (Wildman–Crippen LogP) is 1.81. The number of nitrogens with two attached hydrogens (primary N) is 1. The lowest BCUT2D eigenvalue weighted by Gasteiger charge is -2.29. The molecule has 0 bridgehead atoms. The summed E-state index contributed by atoms with van der Waals surface area (Å²) >= 11 is 0. The number of alkyl halides is 3. The van der Waals surface area contributed by atoms with E-state index in [4.69, 9.17) is 10.5 Å². The van der Waals surface area contributed by atoms with Crippen LogP contribution in [0.4, 0.5) is 19.1 Å². The minimum Gasteiger partial charge on any atom is -0.378 e. The lowest BCUT2D eigenvalue weighted by molar-refractivity contribution is -0.137. The van der Waals surface area contributed by atoms with Crippen molar-refractivity contribution < 1.29 is 17.9 Å². The number of nitrogens with zero attached hydrogens (tertiary/aromatic N) is 3. The molecular formula is C16H19F3N4O2. The number of hydrogen-bond donors (Lipinski definition) is 1. The Morgan fingerprint density at radius 2 is 1.92 bits per heavy atom. The van der Waals surface area contributed by atoms with Crippen LogP contribution in [0.25, 0.3) is 10.9 Å². The van der Waals surface area contributed by atoms with Gasteiger partial charge in [0.15, 0.2) is 0 Å². The van der Waals surface area contributed by atoms with Gasteiger partial charge in [-0.15, -0.1) is 0 Å². The third-order valence-corrected chi connectivity index (χ3v) is 4.30. The standard InChI is InChI=1S/C16H19F3N4O2/c1-9(20)11-7-10(16(17,18)19)8-12-13(11)21-15(22(2)14(12)24)23-3-5-25-6-4-23/h7-9H,3-6,20H2,1-2H3/t9-/m1/s1. The summed E-state index contributed by atoms with van der Waals surface area (Å²) in [6, 6.07) is 1.13. The first-order valence-corrected chi connectivity index (χ1v) is 7.90. The van der Waals surface area contributed by atoms with E-state index in [1.165, 1.54) is 11.6 Å². The van der Waals surface area contributed by atoms with Crippen LogP contribution in [0.3, 0.4) is 0 Å². The third kappa shape index (κ3) is 3.21. The van der Waals surface area contributed by atoms with E-state index in [1.807, 2.05) is 4.90 Å². The van der Waals surface area contributed by atoms with Crippen LogP contribution in [0, 0.1) is 0 Å². The number of halogens is 3. The molecule has 1 aliphatic rings. The van der Waals surface area contributed by atoms with Crippen molar-refractivity contribution in [1.29, 1.82) is 0 Å². The summed E-state index contributed by atoms with van der Waals surface area (Å²) in [7, 11) is 1.51. The topological polar surface area (TPSA) is 73.4 Å². The summed E-state index contributed by atoms with van der Waals surface area (Å²) < 4.78 is 46.1. The van der Waals surface area contributed by atoms with Gasteiger partial charge in [-0.2, -0.15) is 13.2 Å². The third-order valence-electron chi connectivity index (χ3n) is 4.30. The quantitative estimate of drug-likeness (QED) is 0.888. The van der Waals surface area contributed by atoms with E-state index < -0.39 is 23.3 Å². The molecule has 0 spiro atoms. The highest BCUT2D eigenvalue weighted by molar-refractivity contribution is 5.83. The van der Waals surface area contributed by atoms with Crippen LogP contribution in [-0.2, 0) is 18.0 Å². The molecule has 1 fully saturated rings. The van der Waals surface area contributed by atoms with Gasteiger partial charge in [0.05, 0.1) is 29.7 Å². The van der Waals surface area contributed by atoms with Crippen LogP contribution in [0.5, 0.6) is 0 Å². The van der Waals surface area contributed by atoms with Crippen LogP contribution < -0.4 is 16.2 Å². The molecule has 2 aromatic rings. The SMILES string of the molecule is C[C@@H](N)c1cc(C(F)(F)F)cc2c(=O)n(C)c(N3CCOCC3)nc12. The molecular weight excluding hydrogens is 337 g/mol. The van der Waals surface area contributed by atoms with Gasteiger partial charge < -0.3 is 15.4 Å². The van der Waals surface area contributed by atoms with Gasteiger partial charge in [0, 0.05) is 26.2 Å². The highest BCUT2D eigenvalue weighted by Gasteiger charge is 2.32. The highest BCUT2D eigenvalue weighted by atomic mass is 19.4. The summed E-state index contributed by atoms with van der Waals surface area (Å²) in [5.74, 6) is 0.405. The molecule has 9 heteroatoms. The number of morpholine rings is 1. The Labute approximate surface area is 142 Å². The van der Waals surface area contributed by atoms with Gasteiger partial charge >= 0.3 is 6.18 Å². The second-order valence-corrected chi connectivity index (χ2v) is 6.12. The van der Waals surface area contributed by atoms with Crippen molar-refractivity contribution in [2.75, 3.05) is 31.2 Å². The zero-order valence-corrected chi connectivity index (χ0v) is 13.9. The summed E-state index contributed by atoms with van der Waals surface area (Å²) in [4.78, 5) is 19.1. The Morgan fingerprint density at radius 1 is 1.28 bits per heavy atom. The smallest absolute Gasteiger partial charge is 0.378 e. The van der Waals surface area contributed by atoms with Gasteiger partial charge in [-0.05, 0) is 24.6 Å². The number of hydrogen-bond acceptors (Lipinski definition) is 5. The molecule has 0 unspecified atom stereocenters. The Kier molecular flexibility index (Phi) is 4.46. The molecule has 0 amide bonds. The molecule has 25 heavy (non-hydrogen) atoms. The molecule has 136 valence electrons. The number of anilines is 1. The Morgan fingerprint density at radius 3 is 2.48 bits per heavy atom. The van der Waals surface area contributed by atoms with Gasteiger partial charge in [-0.25, -0.2) is 4.98 Å². The van der Waals surface area contributed by atoms with Gasteiger partial charge in [0.2, 0.25) is 5.95 Å². The average molecular weight is 356 g/mol. The molecule has 1 saturated heterocycles. The molecule has 1 atom stereocenters. The first-order valence-electron chi connectivity index (χ1n) is 7.90. The molecule has 3 rings (SSSR count). The molecule has 0 radical (unpaired) electrons. The fourth-order valence-electron chi connectivity index (χ4n) is 2.95. The predicted molar refractivity (Wildman–Crippen MR) is 87.6 cm³/mol. The maximum atomic E-state index is 13.2. The second kappa shape index (κ2) is 6.30. The zero-order chi connectivity index (χ0) is 18.4. The summed E-state index contributed by atoms with van der Waals surface area (Å²) in [6.07, 6.45) is -4.56. The van der Waals surface area contributed by atoms with Crippen molar-refractivity contribution in [3.63, 3.8) is 0 Å². The average Bonchev–Trinajstić information content (AvgIpc) is 2.57. The second-order valence-electron chi connectivity index (χ2n) is 6.12. The van der Waals surface area contributed by atoms with E-state index in [-0.39, 0.29) is 16.5 Å². The summed E-state index contributed by atoms with van der Waals surface area (Å²) in [5.41, 5.74) is 4.85. The highest BCUT2D eigenvalue weighted by Crippen LogP contribution is 2.34. The monoisotopic (exact) mass is 356 g/mol. The molecule has 1 aromatic heterocycles. The van der Waals surface area contributed by atoms with Crippen LogP contribution in [0.1, 0.15) is 24.1 Å². The molecule has 0 saturated carbocycles. The zero-order valence-electron chi connectivity index (χ0n) is 13.9. The van der Waals surface area contributed by atoms with Crippen molar-refractivity contribution >= 4 is 16.9 Å². The molecule has 1 aromatic carbocycles. The Hall–Kier alpha value is -2.13. The fourth-order valence-corrected chi connectivity index (χ4v) is 2.95. The van der Waals surface area contributed by atoms with E-state index in [0.717, 1.165) is 12.1 Å². The minimum absolute atomic E-state index is 0.0818. The first-order chi connectivity index (χ1) is 11.7. The van der Waals surface area contributed by atoms with Gasteiger partial charge in [-0.3, -0.25) is 9.36 Å². The van der Waals surface area contributed by atoms with E-state index in [1.54, 1.807) is 6.92 Å². The molecule has 0 aliphatic carbocycles. The van der Waals surface area contributed by atoms with E-state index in [0.29, 0.717) is 32.3 Å². The molecule has 2 N–H and O–H groups in total. The van der Waals surface area contributed by atoms with E-state index >= 15 is 0 Å². The normalized spacial score (nSPS) is 17.1. The van der Waals surface area contributed by atoms with Crippen molar-refractivity contribution in [2.45, 2.75) is 19.1 Å². The number of ether oxygens (including phenoxy) is 1. The van der Waals surface area contributed by atoms with Crippen LogP contribution in [0.2, 0.25) is 0 Å². The number of benzene rings is 1. The van der Waals surface area contributed by atoms with Crippen molar-refractivity contribution in [3.05, 3.63) is 33.6 Å². The minimum atomic E-state index is -4.56. The lowest BCUT2D eigenvalue weighted by atomic mass is 10.0. The van der Waals surface area contributed by atoms with E-state index in [2.05, 4.69) is 4.98 Å². The first kappa shape index (κ1) is 17.7. The Bertz CT molecular complexity index is 855. The van der Waals surface area contributed by atoms with Crippen LogP contribution >= 0.6 is 0 Å². The van der Waals surface area contributed by atoms with Gasteiger partial charge in [0.1, 0.15) is 0 Å². The molecule has 1 aliphatic heterocycles. The lowest BCUT2D eigenvalue weighted by Crippen LogP contribution is -2.40. The van der Waals surface area contributed by atoms with Crippen molar-refractivity contribution in [1.82, 2.24) is 9.55 Å². The number of aromatic nitrogens is 2. The fraction of sp³-hybridized carbons (Fsp3) is 0.500. The maximum Gasteiger partial charge on any atom is 0.416 e. The molecule has 2 heterocycles.